The van der Waals surface area contributed by atoms with E-state index in [4.69, 9.17) is 8.94 Å². The number of carbonyl (C=O) groups is 2. The molecule has 1 aliphatic carbocycles. The molecule has 0 aromatic carbocycles. The zero-order valence-electron chi connectivity index (χ0n) is 14.1. The van der Waals surface area contributed by atoms with Crippen LogP contribution in [-0.4, -0.2) is 34.3 Å². The van der Waals surface area contributed by atoms with Crippen molar-refractivity contribution in [3.63, 3.8) is 0 Å². The van der Waals surface area contributed by atoms with Crippen LogP contribution in [0.25, 0.3) is 0 Å². The van der Waals surface area contributed by atoms with Crippen molar-refractivity contribution in [2.24, 2.45) is 0 Å². The van der Waals surface area contributed by atoms with E-state index in [1.165, 1.54) is 30.2 Å². The molecule has 0 radical (unpaired) electrons. The second-order valence-electron chi connectivity index (χ2n) is 5.76. The van der Waals surface area contributed by atoms with Gasteiger partial charge >= 0.3 is 5.97 Å². The van der Waals surface area contributed by atoms with Crippen molar-refractivity contribution in [2.45, 2.75) is 28.9 Å². The van der Waals surface area contributed by atoms with Crippen LogP contribution in [-0.2, 0) is 10.5 Å². The zero-order chi connectivity index (χ0) is 18.8. The molecule has 1 fully saturated rings. The van der Waals surface area contributed by atoms with Crippen molar-refractivity contribution >= 4 is 40.1 Å². The summed E-state index contributed by atoms with van der Waals surface area (Å²) < 4.78 is 15.8. The number of esters is 1. The number of anilines is 1. The molecule has 0 aliphatic heterocycles. The largest absolute Gasteiger partial charge is 0.463 e. The van der Waals surface area contributed by atoms with Crippen molar-refractivity contribution in [3.05, 3.63) is 41.2 Å². The fourth-order valence-corrected chi connectivity index (χ4v) is 3.88. The predicted octanol–water partition coefficient (Wildman–Crippen LogP) is 3.33. The standard InChI is InChI=1S/C16H14N4O5S2/c1-23-14(22)11-5-4-9(24-11)7-26-16-19-18-15(27-16)17-13(21)10-6-12(25-20-10)8-2-3-8/h4-6,8H,2-3,7H2,1H3,(H,17,18,21). The van der Waals surface area contributed by atoms with E-state index in [1.54, 1.807) is 18.2 Å². The first kappa shape index (κ1) is 17.7. The lowest BCUT2D eigenvalue weighted by Crippen LogP contribution is -2.11. The first-order valence-electron chi connectivity index (χ1n) is 8.03. The topological polar surface area (TPSA) is 120 Å². The van der Waals surface area contributed by atoms with E-state index >= 15 is 0 Å². The number of carbonyl (C=O) groups excluding carboxylic acids is 2. The van der Waals surface area contributed by atoms with Gasteiger partial charge in [0.25, 0.3) is 5.91 Å². The highest BCUT2D eigenvalue weighted by atomic mass is 32.2. The number of aromatic nitrogens is 3. The van der Waals surface area contributed by atoms with Gasteiger partial charge in [-0.15, -0.1) is 10.2 Å². The average molecular weight is 406 g/mol. The molecule has 27 heavy (non-hydrogen) atoms. The van der Waals surface area contributed by atoms with Gasteiger partial charge in [-0.25, -0.2) is 4.79 Å². The summed E-state index contributed by atoms with van der Waals surface area (Å²) in [6, 6.07) is 4.92. The number of furan rings is 1. The Morgan fingerprint density at radius 1 is 1.37 bits per heavy atom. The van der Waals surface area contributed by atoms with Crippen LogP contribution in [0.5, 0.6) is 0 Å². The lowest BCUT2D eigenvalue weighted by Gasteiger charge is -1.95. The van der Waals surface area contributed by atoms with Crippen LogP contribution in [0.2, 0.25) is 0 Å². The maximum absolute atomic E-state index is 12.2. The van der Waals surface area contributed by atoms with Crippen molar-refractivity contribution in [3.8, 4) is 0 Å². The van der Waals surface area contributed by atoms with E-state index in [2.05, 4.69) is 25.4 Å². The molecule has 9 nitrogen and oxygen atoms in total. The van der Waals surface area contributed by atoms with E-state index in [9.17, 15) is 9.59 Å². The van der Waals surface area contributed by atoms with E-state index in [0.29, 0.717) is 26.9 Å². The highest BCUT2D eigenvalue weighted by Crippen LogP contribution is 2.40. The van der Waals surface area contributed by atoms with Gasteiger partial charge in [0, 0.05) is 12.0 Å². The number of methoxy groups -OCH3 is 1. The Morgan fingerprint density at radius 2 is 2.22 bits per heavy atom. The smallest absolute Gasteiger partial charge is 0.373 e. The molecule has 0 bridgehead atoms. The number of hydrogen-bond acceptors (Lipinski definition) is 10. The number of thioether (sulfide) groups is 1. The van der Waals surface area contributed by atoms with Gasteiger partial charge in [0.1, 0.15) is 11.5 Å². The summed E-state index contributed by atoms with van der Waals surface area (Å²) in [6.07, 6.45) is 2.15. The molecule has 1 N–H and O–H groups in total. The Balaban J connectivity index is 1.32. The van der Waals surface area contributed by atoms with Crippen LogP contribution < -0.4 is 5.32 Å². The number of rotatable bonds is 7. The normalized spacial score (nSPS) is 13.5. The van der Waals surface area contributed by atoms with E-state index < -0.39 is 5.97 Å². The van der Waals surface area contributed by atoms with Gasteiger partial charge in [0.2, 0.25) is 10.9 Å². The lowest BCUT2D eigenvalue weighted by molar-refractivity contribution is 0.0563. The molecule has 1 amide bonds. The molecule has 3 aromatic rings. The molecule has 0 saturated heterocycles. The molecule has 4 rings (SSSR count). The van der Waals surface area contributed by atoms with E-state index in [0.717, 1.165) is 18.6 Å². The Labute approximate surface area is 161 Å². The fourth-order valence-electron chi connectivity index (χ4n) is 2.23. The molecule has 0 spiro atoms. The van der Waals surface area contributed by atoms with Crippen LogP contribution in [0.15, 0.2) is 31.5 Å². The van der Waals surface area contributed by atoms with Gasteiger partial charge in [-0.2, -0.15) is 0 Å². The Morgan fingerprint density at radius 3 is 3.00 bits per heavy atom. The predicted molar refractivity (Wildman–Crippen MR) is 95.9 cm³/mol. The minimum Gasteiger partial charge on any atom is -0.463 e. The summed E-state index contributed by atoms with van der Waals surface area (Å²) in [5.74, 6) is 1.46. The molecule has 1 aliphatic rings. The molecule has 11 heteroatoms. The minimum absolute atomic E-state index is 0.150. The summed E-state index contributed by atoms with van der Waals surface area (Å²) >= 11 is 2.62. The summed E-state index contributed by atoms with van der Waals surface area (Å²) in [4.78, 5) is 23.6. The quantitative estimate of drug-likeness (QED) is 0.358. The third-order valence-corrected chi connectivity index (χ3v) is 5.75. The number of hydrogen-bond donors (Lipinski definition) is 1. The summed E-state index contributed by atoms with van der Waals surface area (Å²) in [5, 5.41) is 14.8. The van der Waals surface area contributed by atoms with Crippen LogP contribution in [0.1, 0.15) is 51.3 Å². The van der Waals surface area contributed by atoms with Gasteiger partial charge in [-0.1, -0.05) is 28.3 Å². The summed E-state index contributed by atoms with van der Waals surface area (Å²) in [5.41, 5.74) is 0.229. The summed E-state index contributed by atoms with van der Waals surface area (Å²) in [6.45, 7) is 0. The Bertz CT molecular complexity index is 975. The minimum atomic E-state index is -0.523. The van der Waals surface area contributed by atoms with Crippen molar-refractivity contribution in [1.29, 1.82) is 0 Å². The highest BCUT2D eigenvalue weighted by Gasteiger charge is 2.29. The van der Waals surface area contributed by atoms with Crippen LogP contribution in [0, 0.1) is 0 Å². The second-order valence-corrected chi connectivity index (χ2v) is 7.96. The Hall–Kier alpha value is -2.66. The van der Waals surface area contributed by atoms with E-state index in [-0.39, 0.29) is 17.4 Å². The molecule has 140 valence electrons. The Kier molecular flexibility index (Phi) is 4.94. The number of nitrogens with zero attached hydrogens (tertiary/aromatic N) is 3. The second kappa shape index (κ2) is 7.53. The van der Waals surface area contributed by atoms with Crippen molar-refractivity contribution in [2.75, 3.05) is 12.4 Å². The number of amides is 1. The maximum atomic E-state index is 12.2. The molecular formula is C16H14N4O5S2. The first-order chi connectivity index (χ1) is 13.1. The first-order valence-corrected chi connectivity index (χ1v) is 9.84. The average Bonchev–Trinajstić information content (AvgIpc) is 3.08. The van der Waals surface area contributed by atoms with Crippen LogP contribution in [0.3, 0.4) is 0 Å². The molecule has 0 atom stereocenters. The van der Waals surface area contributed by atoms with Crippen molar-refractivity contribution < 1.29 is 23.3 Å². The molecular weight excluding hydrogens is 392 g/mol. The highest BCUT2D eigenvalue weighted by molar-refractivity contribution is 8.00. The molecule has 3 aromatic heterocycles. The fraction of sp³-hybridized carbons (Fsp3) is 0.312. The van der Waals surface area contributed by atoms with Gasteiger partial charge in [0.05, 0.1) is 12.9 Å². The SMILES string of the molecule is COC(=O)c1ccc(CSc2nnc(NC(=O)c3cc(C4CC4)on3)s2)o1. The zero-order valence-corrected chi connectivity index (χ0v) is 15.8. The lowest BCUT2D eigenvalue weighted by atomic mass is 10.3. The van der Waals surface area contributed by atoms with Gasteiger partial charge in [0.15, 0.2) is 10.0 Å². The summed E-state index contributed by atoms with van der Waals surface area (Å²) in [7, 11) is 1.29. The molecule has 1 saturated carbocycles. The maximum Gasteiger partial charge on any atom is 0.373 e. The van der Waals surface area contributed by atoms with Crippen LogP contribution in [0.4, 0.5) is 5.13 Å². The monoisotopic (exact) mass is 406 g/mol. The van der Waals surface area contributed by atoms with Crippen LogP contribution >= 0.6 is 23.1 Å². The third-order valence-electron chi connectivity index (χ3n) is 3.75. The number of ether oxygens (including phenoxy) is 1. The van der Waals surface area contributed by atoms with Crippen molar-refractivity contribution in [1.82, 2.24) is 15.4 Å². The van der Waals surface area contributed by atoms with Gasteiger partial charge in [-0.3, -0.25) is 10.1 Å². The molecule has 0 unspecified atom stereocenters. The third kappa shape index (κ3) is 4.19. The molecule has 3 heterocycles. The van der Waals surface area contributed by atoms with Gasteiger partial charge in [-0.05, 0) is 25.0 Å². The van der Waals surface area contributed by atoms with E-state index in [1.807, 2.05) is 0 Å². The van der Waals surface area contributed by atoms with Gasteiger partial charge < -0.3 is 13.7 Å². The number of nitrogens with one attached hydrogen (secondary N) is 1.